The van der Waals surface area contributed by atoms with Crippen molar-refractivity contribution in [3.8, 4) is 0 Å². The van der Waals surface area contributed by atoms with Crippen LogP contribution in [-0.2, 0) is 49.0 Å². The van der Waals surface area contributed by atoms with Gasteiger partial charge < -0.3 is 24.6 Å². The topological polar surface area (TPSA) is 192 Å². The molecule has 314 valence electrons. The van der Waals surface area contributed by atoms with Crippen molar-refractivity contribution in [3.05, 3.63) is 61.2 Å². The van der Waals surface area contributed by atoms with Gasteiger partial charge in [-0.25, -0.2) is 31.8 Å². The van der Waals surface area contributed by atoms with Gasteiger partial charge in [0.2, 0.25) is 0 Å². The Morgan fingerprint density at radius 2 is 0.759 bits per heavy atom. The normalized spacial score (nSPS) is 14.6. The van der Waals surface area contributed by atoms with E-state index in [-0.39, 0.29) is 13.2 Å². The molecule has 2 aromatic rings. The molecule has 2 N–H and O–H groups in total. The summed E-state index contributed by atoms with van der Waals surface area (Å²) in [5.74, 6) is 0. The highest BCUT2D eigenvalue weighted by Gasteiger charge is 2.71. The molecule has 0 bridgehead atoms. The zero-order chi connectivity index (χ0) is 42.5. The van der Waals surface area contributed by atoms with Gasteiger partial charge in [0.05, 0.1) is 7.82 Å². The number of aryl methyl sites for hydroxylation is 2. The molecule has 0 aliphatic carbocycles. The number of aliphatic hydroxyl groups is 2. The molecular weight excluding hydrogens is 862 g/mol. The number of aliphatic hydroxyl groups excluding tert-OH is 2. The Hall–Kier alpha value is -2.42. The molecule has 2 rings (SSSR count). The summed E-state index contributed by atoms with van der Waals surface area (Å²) in [6, 6.07) is 11.9. The average molecular weight is 886 g/mol. The largest absolute Gasteiger partial charge is 0.789 e. The zero-order valence-corrected chi connectivity index (χ0v) is 28.6. The van der Waals surface area contributed by atoms with E-state index in [9.17, 15) is 89.3 Å². The van der Waals surface area contributed by atoms with Gasteiger partial charge in [-0.3, -0.25) is 4.31 Å². The highest BCUT2D eigenvalue weighted by molar-refractivity contribution is 7.66. The summed E-state index contributed by atoms with van der Waals surface area (Å²) in [6.07, 6.45) is -34.0. The van der Waals surface area contributed by atoms with Crippen molar-refractivity contribution in [3.63, 3.8) is 0 Å². The van der Waals surface area contributed by atoms with Crippen molar-refractivity contribution in [2.45, 2.75) is 62.8 Å². The zero-order valence-electron chi connectivity index (χ0n) is 25.9. The van der Waals surface area contributed by atoms with Crippen molar-refractivity contribution in [2.75, 3.05) is 13.2 Å². The molecule has 0 aliphatic rings. The molecule has 0 saturated carbocycles. The maximum absolute atomic E-state index is 12.9. The molecule has 0 spiro atoms. The van der Waals surface area contributed by atoms with Crippen LogP contribution in [0.25, 0.3) is 0 Å². The monoisotopic (exact) mass is 886 g/mol. The SMILES string of the molecule is O=P([O-])([O-])OP(=O)(OC(F)(F)C(F)(F)F)OP(=O)(OC(F)(F)C(F)(F)F)OC(F)(F)C(F)(F)F.OCCC[n+]1ccccc1.OCCC[n+]1ccccc1. The molecule has 0 saturated heterocycles. The Bertz CT molecular complexity index is 1470. The molecule has 1 unspecified atom stereocenters. The minimum Gasteiger partial charge on any atom is -0.789 e. The number of halogens is 15. The number of aromatic nitrogens is 2. The molecule has 14 nitrogen and oxygen atoms in total. The van der Waals surface area contributed by atoms with E-state index >= 15 is 0 Å². The molecule has 54 heavy (non-hydrogen) atoms. The van der Waals surface area contributed by atoms with E-state index in [1.807, 2.05) is 74.8 Å². The Balaban J connectivity index is 0.00000112. The number of alkyl halides is 15. The van der Waals surface area contributed by atoms with Gasteiger partial charge >= 0.3 is 52.5 Å². The predicted octanol–water partition coefficient (Wildman–Crippen LogP) is 5.29. The van der Waals surface area contributed by atoms with E-state index in [1.54, 1.807) is 0 Å². The Morgan fingerprint density at radius 3 is 1.00 bits per heavy atom. The summed E-state index contributed by atoms with van der Waals surface area (Å²) in [7, 11) is -24.2. The molecule has 1 atom stereocenters. The Morgan fingerprint density at radius 1 is 0.481 bits per heavy atom. The third-order valence-corrected chi connectivity index (χ3v) is 9.33. The van der Waals surface area contributed by atoms with Gasteiger partial charge in [0.15, 0.2) is 37.9 Å². The van der Waals surface area contributed by atoms with Crippen LogP contribution in [0.15, 0.2) is 61.2 Å². The van der Waals surface area contributed by atoms with Crippen LogP contribution in [0.2, 0.25) is 0 Å². The third-order valence-electron chi connectivity index (χ3n) is 4.77. The predicted molar refractivity (Wildman–Crippen MR) is 138 cm³/mol. The first-order valence-corrected chi connectivity index (χ1v) is 17.7. The van der Waals surface area contributed by atoms with E-state index in [0.717, 1.165) is 25.9 Å². The smallest absolute Gasteiger partial charge is 0.493 e. The van der Waals surface area contributed by atoms with Gasteiger partial charge in [-0.05, 0) is 0 Å². The quantitative estimate of drug-likeness (QED) is 0.126. The second-order valence-corrected chi connectivity index (χ2v) is 13.7. The molecule has 0 radical (unpaired) electrons. The molecule has 0 fully saturated rings. The van der Waals surface area contributed by atoms with Gasteiger partial charge in [0.1, 0.15) is 0 Å². The number of phosphoric ester groups is 1. The molecule has 0 aromatic carbocycles. The van der Waals surface area contributed by atoms with Crippen LogP contribution in [0.3, 0.4) is 0 Å². The molecule has 0 aliphatic heterocycles. The number of nitrogens with zero attached hydrogens (tertiary/aromatic N) is 2. The summed E-state index contributed by atoms with van der Waals surface area (Å²) < 4.78 is 234. The van der Waals surface area contributed by atoms with E-state index in [1.165, 1.54) is 0 Å². The number of pyridine rings is 2. The lowest BCUT2D eigenvalue weighted by molar-refractivity contribution is -0.697. The first kappa shape index (κ1) is 51.6. The van der Waals surface area contributed by atoms with Crippen LogP contribution in [0.1, 0.15) is 12.8 Å². The Kier molecular flexibility index (Phi) is 19.2. The van der Waals surface area contributed by atoms with Crippen LogP contribution < -0.4 is 18.9 Å². The van der Waals surface area contributed by atoms with Crippen LogP contribution in [-0.4, -0.2) is 60.3 Å². The van der Waals surface area contributed by atoms with Gasteiger partial charge in [0, 0.05) is 50.3 Å². The minimum atomic E-state index is -8.55. The minimum absolute atomic E-state index is 0.266. The first-order chi connectivity index (χ1) is 24.1. The van der Waals surface area contributed by atoms with Crippen molar-refractivity contribution >= 4 is 23.5 Å². The lowest BCUT2D eigenvalue weighted by atomic mass is 10.4. The van der Waals surface area contributed by atoms with Crippen LogP contribution in [0, 0.1) is 0 Å². The summed E-state index contributed by atoms with van der Waals surface area (Å²) in [5, 5.41) is 17.0. The number of hydrogen-bond donors (Lipinski definition) is 2. The molecule has 0 amide bonds. The van der Waals surface area contributed by atoms with Crippen molar-refractivity contribution in [1.29, 1.82) is 0 Å². The van der Waals surface area contributed by atoms with E-state index < -0.39 is 60.3 Å². The molecule has 32 heteroatoms. The van der Waals surface area contributed by atoms with Crippen LogP contribution >= 0.6 is 23.5 Å². The number of rotatable bonds is 16. The maximum Gasteiger partial charge on any atom is 0.493 e. The van der Waals surface area contributed by atoms with Gasteiger partial charge in [-0.15, -0.1) is 0 Å². The molecule has 2 heterocycles. The van der Waals surface area contributed by atoms with E-state index in [4.69, 9.17) is 10.2 Å². The number of hydrogen-bond acceptors (Lipinski definition) is 12. The van der Waals surface area contributed by atoms with E-state index in [2.05, 4.69) is 17.8 Å². The highest BCUT2D eigenvalue weighted by Crippen LogP contribution is 2.74. The van der Waals surface area contributed by atoms with Crippen LogP contribution in [0.4, 0.5) is 65.9 Å². The van der Waals surface area contributed by atoms with Crippen molar-refractivity contribution < 1.29 is 131 Å². The Labute approximate surface area is 292 Å². The fraction of sp³-hybridized carbons (Fsp3) is 0.545. The highest BCUT2D eigenvalue weighted by atomic mass is 31.3. The summed E-state index contributed by atoms with van der Waals surface area (Å²) in [6.45, 7) is 2.33. The maximum atomic E-state index is 12.9. The van der Waals surface area contributed by atoms with Gasteiger partial charge in [0.25, 0.3) is 0 Å². The summed E-state index contributed by atoms with van der Waals surface area (Å²) >= 11 is 0. The first-order valence-electron chi connectivity index (χ1n) is 13.4. The van der Waals surface area contributed by atoms with Gasteiger partial charge in [-0.2, -0.15) is 70.2 Å². The lowest BCUT2D eigenvalue weighted by Gasteiger charge is -2.35. The average Bonchev–Trinajstić information content (AvgIpc) is 2.96. The lowest BCUT2D eigenvalue weighted by Crippen LogP contribution is -2.42. The second kappa shape index (κ2) is 20.1. The van der Waals surface area contributed by atoms with E-state index in [0.29, 0.717) is 0 Å². The molecule has 2 aromatic heterocycles. The van der Waals surface area contributed by atoms with Crippen LogP contribution in [0.5, 0.6) is 0 Å². The van der Waals surface area contributed by atoms with Crippen molar-refractivity contribution in [2.24, 2.45) is 0 Å². The standard InChI is InChI=1S/2C8H12NO.C6H2F15O10P3/c2*10-8-4-7-9-5-2-1-3-6-9;7-1(8,9)4(16,17)27-33(25,28-5(18,19)2(10,11)12)31-34(26,30-32(22,23)24)29-6(20,21)3(13,14)15/h2*1-3,5-6,10H,4,7-8H2;(H2,22,23,24)/q2*+1;/p-2. The summed E-state index contributed by atoms with van der Waals surface area (Å²) in [5.41, 5.74) is 0. The van der Waals surface area contributed by atoms with Crippen molar-refractivity contribution in [1.82, 2.24) is 0 Å². The second-order valence-electron chi connectivity index (χ2n) is 9.20. The fourth-order valence-electron chi connectivity index (χ4n) is 2.60. The third kappa shape index (κ3) is 18.9. The molecular formula is C22H24F15N2O12P3. The fourth-order valence-corrected chi connectivity index (χ4v) is 6.67. The van der Waals surface area contributed by atoms with Gasteiger partial charge in [-0.1, -0.05) is 12.1 Å². The summed E-state index contributed by atoms with van der Waals surface area (Å²) in [4.78, 5) is 20.6. The number of phosphoric acid groups is 3.